The summed E-state index contributed by atoms with van der Waals surface area (Å²) in [6.07, 6.45) is 5.58. The van der Waals surface area contributed by atoms with Crippen molar-refractivity contribution in [3.05, 3.63) is 65.1 Å². The highest BCUT2D eigenvalue weighted by Gasteiger charge is 2.57. The third-order valence-corrected chi connectivity index (χ3v) is 5.22. The first kappa shape index (κ1) is 13.9. The van der Waals surface area contributed by atoms with E-state index in [1.807, 2.05) is 54.3 Å². The number of carbonyl (C=O) groups is 1. The van der Waals surface area contributed by atoms with Crippen LogP contribution < -0.4 is 4.90 Å². The van der Waals surface area contributed by atoms with Crippen molar-refractivity contribution in [3.63, 3.8) is 0 Å². The maximum atomic E-state index is 13.3. The lowest BCUT2D eigenvalue weighted by molar-refractivity contribution is -0.122. The van der Waals surface area contributed by atoms with Crippen LogP contribution >= 0.6 is 0 Å². The summed E-state index contributed by atoms with van der Waals surface area (Å²) in [5.41, 5.74) is 2.11. The van der Waals surface area contributed by atoms with Crippen molar-refractivity contribution in [3.8, 4) is 0 Å². The van der Waals surface area contributed by atoms with E-state index in [2.05, 4.69) is 0 Å². The second-order valence-electron chi connectivity index (χ2n) is 6.29. The van der Waals surface area contributed by atoms with Gasteiger partial charge in [0.1, 0.15) is 29.6 Å². The van der Waals surface area contributed by atoms with Gasteiger partial charge in [0, 0.05) is 23.9 Å². The molecule has 1 amide bonds. The Morgan fingerprint density at radius 3 is 3.04 bits per heavy atom. The quantitative estimate of drug-likeness (QED) is 0.796. The molecule has 0 bridgehead atoms. The molecule has 5 heteroatoms. The molecule has 3 heterocycles. The Hall–Kier alpha value is -2.53. The molecule has 24 heavy (non-hydrogen) atoms. The molecular weight excluding hydrogens is 306 g/mol. The molecule has 1 spiro atoms. The molecule has 0 radical (unpaired) electrons. The highest BCUT2D eigenvalue weighted by molar-refractivity contribution is 6.11. The minimum absolute atomic E-state index is 0.0770. The molecule has 1 fully saturated rings. The number of rotatable bonds is 1. The van der Waals surface area contributed by atoms with Crippen LogP contribution in [0.3, 0.4) is 0 Å². The van der Waals surface area contributed by atoms with Crippen LogP contribution in [0.5, 0.6) is 0 Å². The minimum atomic E-state index is -0.770. The summed E-state index contributed by atoms with van der Waals surface area (Å²) in [6, 6.07) is 7.98. The fourth-order valence-corrected chi connectivity index (χ4v) is 4.06. The Bertz CT molecular complexity index is 838. The largest absolute Gasteiger partial charge is 0.491 e. The van der Waals surface area contributed by atoms with Crippen LogP contribution in [0.1, 0.15) is 12.5 Å². The first-order valence-corrected chi connectivity index (χ1v) is 8.19. The van der Waals surface area contributed by atoms with Crippen molar-refractivity contribution in [2.75, 3.05) is 24.8 Å². The first-order valence-electron chi connectivity index (χ1n) is 8.19. The van der Waals surface area contributed by atoms with Gasteiger partial charge in [0.2, 0.25) is 5.91 Å². The van der Waals surface area contributed by atoms with Gasteiger partial charge in [0.15, 0.2) is 6.79 Å². The zero-order valence-corrected chi connectivity index (χ0v) is 13.3. The lowest BCUT2D eigenvalue weighted by Crippen LogP contribution is -2.42. The van der Waals surface area contributed by atoms with Gasteiger partial charge in [-0.3, -0.25) is 4.79 Å². The van der Waals surface area contributed by atoms with Gasteiger partial charge >= 0.3 is 0 Å². The number of nitrogens with zero attached hydrogens (tertiary/aromatic N) is 1. The van der Waals surface area contributed by atoms with E-state index in [0.717, 1.165) is 22.6 Å². The van der Waals surface area contributed by atoms with E-state index >= 15 is 0 Å². The summed E-state index contributed by atoms with van der Waals surface area (Å²) in [5.74, 6) is 1.52. The number of benzene rings is 1. The number of ether oxygens (including phenoxy) is 3. The summed E-state index contributed by atoms with van der Waals surface area (Å²) >= 11 is 0. The Morgan fingerprint density at radius 2 is 2.17 bits per heavy atom. The topological polar surface area (TPSA) is 48.0 Å². The standard InChI is InChI=1S/C19H17NO4/c1-2-20-14-6-4-3-5-12(14)19(18(20)21)10-22-16-9-17-15(23-11-24-17)8-7-13(16)19/h3-9,15H,2,10-11H2,1H3. The van der Waals surface area contributed by atoms with Crippen LogP contribution in [0.4, 0.5) is 5.69 Å². The van der Waals surface area contributed by atoms with Crippen molar-refractivity contribution in [2.45, 2.75) is 18.4 Å². The lowest BCUT2D eigenvalue weighted by Gasteiger charge is -2.23. The molecule has 2 unspecified atom stereocenters. The average Bonchev–Trinajstić information content (AvgIpc) is 3.22. The van der Waals surface area contributed by atoms with Crippen LogP contribution in [0.25, 0.3) is 0 Å². The molecule has 0 aromatic heterocycles. The van der Waals surface area contributed by atoms with Crippen LogP contribution in [-0.4, -0.2) is 32.0 Å². The number of allylic oxidation sites excluding steroid dienone is 2. The van der Waals surface area contributed by atoms with E-state index in [1.165, 1.54) is 0 Å². The number of para-hydroxylation sites is 1. The molecule has 3 aliphatic heterocycles. The van der Waals surface area contributed by atoms with Gasteiger partial charge in [0.05, 0.1) is 0 Å². The molecule has 1 saturated heterocycles. The van der Waals surface area contributed by atoms with Crippen molar-refractivity contribution in [1.82, 2.24) is 0 Å². The van der Waals surface area contributed by atoms with Crippen molar-refractivity contribution in [1.29, 1.82) is 0 Å². The van der Waals surface area contributed by atoms with E-state index in [4.69, 9.17) is 14.2 Å². The molecule has 1 aromatic rings. The second-order valence-corrected chi connectivity index (χ2v) is 6.29. The summed E-state index contributed by atoms with van der Waals surface area (Å²) in [6.45, 7) is 3.21. The maximum absolute atomic E-state index is 13.3. The summed E-state index contributed by atoms with van der Waals surface area (Å²) in [5, 5.41) is 0. The van der Waals surface area contributed by atoms with E-state index in [9.17, 15) is 4.79 Å². The monoisotopic (exact) mass is 323 g/mol. The number of hydrogen-bond donors (Lipinski definition) is 0. The predicted molar refractivity (Wildman–Crippen MR) is 87.2 cm³/mol. The highest BCUT2D eigenvalue weighted by Crippen LogP contribution is 2.51. The number of fused-ring (bicyclic) bond motifs is 4. The Morgan fingerprint density at radius 1 is 1.29 bits per heavy atom. The first-order chi connectivity index (χ1) is 11.8. The number of carbonyl (C=O) groups excluding carboxylic acids is 1. The minimum Gasteiger partial charge on any atom is -0.491 e. The zero-order valence-electron chi connectivity index (χ0n) is 13.3. The highest BCUT2D eigenvalue weighted by atomic mass is 16.7. The molecular formula is C19H17NO4. The van der Waals surface area contributed by atoms with Crippen LogP contribution in [-0.2, 0) is 24.4 Å². The Labute approximate surface area is 139 Å². The summed E-state index contributed by atoms with van der Waals surface area (Å²) in [7, 11) is 0. The molecule has 2 atom stereocenters. The third-order valence-electron chi connectivity index (χ3n) is 5.22. The smallest absolute Gasteiger partial charge is 0.245 e. The van der Waals surface area contributed by atoms with Gasteiger partial charge in [-0.25, -0.2) is 0 Å². The van der Waals surface area contributed by atoms with Crippen LogP contribution in [0.2, 0.25) is 0 Å². The summed E-state index contributed by atoms with van der Waals surface area (Å²) < 4.78 is 17.0. The lowest BCUT2D eigenvalue weighted by atomic mass is 9.76. The van der Waals surface area contributed by atoms with Crippen LogP contribution in [0, 0.1) is 0 Å². The predicted octanol–water partition coefficient (Wildman–Crippen LogP) is 2.40. The molecule has 0 saturated carbocycles. The molecule has 5 rings (SSSR count). The van der Waals surface area contributed by atoms with Gasteiger partial charge in [-0.2, -0.15) is 0 Å². The molecule has 122 valence electrons. The van der Waals surface area contributed by atoms with Crippen molar-refractivity contribution in [2.24, 2.45) is 0 Å². The SMILES string of the molecule is CCN1C(=O)C2(COC3=C2C=CC2OCOC2=C3)c2ccccc21. The normalized spacial score (nSPS) is 29.9. The second kappa shape index (κ2) is 4.74. The number of likely N-dealkylation sites (N-methyl/N-ethyl adjacent to an activating group) is 1. The zero-order chi connectivity index (χ0) is 16.3. The average molecular weight is 323 g/mol. The molecule has 5 nitrogen and oxygen atoms in total. The number of hydrogen-bond acceptors (Lipinski definition) is 4. The van der Waals surface area contributed by atoms with Crippen molar-refractivity contribution >= 4 is 11.6 Å². The molecule has 0 N–H and O–H groups in total. The van der Waals surface area contributed by atoms with E-state index in [-0.39, 0.29) is 18.8 Å². The number of anilines is 1. The van der Waals surface area contributed by atoms with Gasteiger partial charge in [-0.05, 0) is 24.6 Å². The molecule has 1 aromatic carbocycles. The maximum Gasteiger partial charge on any atom is 0.245 e. The number of amides is 1. The van der Waals surface area contributed by atoms with E-state index < -0.39 is 5.41 Å². The van der Waals surface area contributed by atoms with Gasteiger partial charge < -0.3 is 19.1 Å². The molecule has 1 aliphatic carbocycles. The third kappa shape index (κ3) is 1.55. The van der Waals surface area contributed by atoms with Crippen LogP contribution in [0.15, 0.2) is 59.6 Å². The molecule has 4 aliphatic rings. The van der Waals surface area contributed by atoms with Crippen molar-refractivity contribution < 1.29 is 19.0 Å². The van der Waals surface area contributed by atoms with Gasteiger partial charge in [-0.1, -0.05) is 24.3 Å². The van der Waals surface area contributed by atoms with Gasteiger partial charge in [0.25, 0.3) is 0 Å². The summed E-state index contributed by atoms with van der Waals surface area (Å²) in [4.78, 5) is 15.2. The van der Waals surface area contributed by atoms with E-state index in [0.29, 0.717) is 18.9 Å². The fraction of sp³-hybridized carbons (Fsp3) is 0.316. The fourth-order valence-electron chi connectivity index (χ4n) is 4.06. The Balaban J connectivity index is 1.72. The van der Waals surface area contributed by atoms with E-state index in [1.54, 1.807) is 0 Å². The van der Waals surface area contributed by atoms with Gasteiger partial charge in [-0.15, -0.1) is 0 Å². The Kier molecular flexibility index (Phi) is 2.74.